The van der Waals surface area contributed by atoms with Gasteiger partial charge in [-0.1, -0.05) is 0 Å². The quantitative estimate of drug-likeness (QED) is 0.325. The molecule has 0 radical (unpaired) electrons. The van der Waals surface area contributed by atoms with E-state index >= 15 is 0 Å². The molecule has 40 heavy (non-hydrogen) atoms. The predicted octanol–water partition coefficient (Wildman–Crippen LogP) is 4.66. The maximum absolute atomic E-state index is 13.2. The van der Waals surface area contributed by atoms with Gasteiger partial charge >= 0.3 is 0 Å². The van der Waals surface area contributed by atoms with Crippen molar-refractivity contribution in [3.8, 4) is 28.7 Å². The number of fused-ring (bicyclic) bond motifs is 1. The Morgan fingerprint density at radius 2 is 1.82 bits per heavy atom. The summed E-state index contributed by atoms with van der Waals surface area (Å²) in [6.45, 7) is 4.31. The number of pyridine rings is 2. The summed E-state index contributed by atoms with van der Waals surface area (Å²) >= 11 is 0. The first-order chi connectivity index (χ1) is 19.4. The zero-order valence-electron chi connectivity index (χ0n) is 23.1. The van der Waals surface area contributed by atoms with Crippen LogP contribution in [0.4, 0.5) is 0 Å². The first kappa shape index (κ1) is 25.9. The van der Waals surface area contributed by atoms with Crippen LogP contribution in [0.15, 0.2) is 49.1 Å². The van der Waals surface area contributed by atoms with E-state index in [0.717, 1.165) is 53.6 Å². The van der Waals surface area contributed by atoms with Crippen molar-refractivity contribution >= 4 is 16.8 Å². The molecule has 2 saturated carbocycles. The lowest BCUT2D eigenvalue weighted by atomic mass is 9.53. The van der Waals surface area contributed by atoms with Crippen LogP contribution in [0.3, 0.4) is 0 Å². The van der Waals surface area contributed by atoms with Crippen molar-refractivity contribution in [3.05, 3.63) is 60.3 Å². The standard InChI is InChI=1S/C30H33N5O5/c1-5-39-27-17-35(23-16-31-8-6-18(23)2)34-28(27)29(36)33-19-12-30(13-19)14-20(15-30)40-24-7-9-32-22-11-26(38-4)25(37-3)10-21(22)24/h6-11,16-17,19-20H,5,12-15H2,1-4H3,(H,33,36). The highest BCUT2D eigenvalue weighted by Crippen LogP contribution is 2.57. The summed E-state index contributed by atoms with van der Waals surface area (Å²) in [5, 5.41) is 8.60. The fourth-order valence-electron chi connectivity index (χ4n) is 5.99. The molecule has 1 amide bonds. The van der Waals surface area contributed by atoms with Gasteiger partial charge in [-0.25, -0.2) is 4.68 Å². The topological polar surface area (TPSA) is 110 Å². The summed E-state index contributed by atoms with van der Waals surface area (Å²) in [7, 11) is 3.23. The summed E-state index contributed by atoms with van der Waals surface area (Å²) in [4.78, 5) is 21.8. The minimum absolute atomic E-state index is 0.103. The number of carbonyl (C=O) groups excluding carboxylic acids is 1. The Bertz CT molecular complexity index is 1550. The van der Waals surface area contributed by atoms with Gasteiger partial charge in [-0.3, -0.25) is 14.8 Å². The van der Waals surface area contributed by atoms with Crippen LogP contribution in [-0.2, 0) is 0 Å². The number of hydrogen-bond donors (Lipinski definition) is 1. The molecular weight excluding hydrogens is 510 g/mol. The van der Waals surface area contributed by atoms with Gasteiger partial charge in [0.1, 0.15) is 5.75 Å². The average Bonchev–Trinajstić information content (AvgIpc) is 3.34. The molecule has 0 aliphatic heterocycles. The number of methoxy groups -OCH3 is 2. The smallest absolute Gasteiger partial charge is 0.275 e. The van der Waals surface area contributed by atoms with Crippen LogP contribution in [0.1, 0.15) is 48.7 Å². The van der Waals surface area contributed by atoms with Gasteiger partial charge in [0, 0.05) is 29.9 Å². The van der Waals surface area contributed by atoms with E-state index in [-0.39, 0.29) is 29.2 Å². The first-order valence-electron chi connectivity index (χ1n) is 13.5. The summed E-state index contributed by atoms with van der Waals surface area (Å²) in [5.41, 5.74) is 3.11. The molecular formula is C30H33N5O5. The molecule has 4 aromatic rings. The van der Waals surface area contributed by atoms with Gasteiger partial charge < -0.3 is 24.3 Å². The number of aryl methyl sites for hydroxylation is 1. The Labute approximate surface area is 232 Å². The van der Waals surface area contributed by atoms with Crippen molar-refractivity contribution in [2.75, 3.05) is 20.8 Å². The van der Waals surface area contributed by atoms with Crippen LogP contribution >= 0.6 is 0 Å². The summed E-state index contributed by atoms with van der Waals surface area (Å²) in [5.74, 6) is 2.31. The van der Waals surface area contributed by atoms with Crippen molar-refractivity contribution in [3.63, 3.8) is 0 Å². The second-order valence-electron chi connectivity index (χ2n) is 10.6. The summed E-state index contributed by atoms with van der Waals surface area (Å²) in [6, 6.07) is 7.68. The number of aromatic nitrogens is 4. The largest absolute Gasteiger partial charge is 0.493 e. The van der Waals surface area contributed by atoms with Gasteiger partial charge in [0.05, 0.1) is 50.5 Å². The lowest BCUT2D eigenvalue weighted by Crippen LogP contribution is -2.58. The monoisotopic (exact) mass is 543 g/mol. The minimum atomic E-state index is -0.219. The Morgan fingerprint density at radius 1 is 1.05 bits per heavy atom. The van der Waals surface area contributed by atoms with E-state index in [2.05, 4.69) is 20.4 Å². The third-order valence-electron chi connectivity index (χ3n) is 7.97. The van der Waals surface area contributed by atoms with Crippen LogP contribution in [0.25, 0.3) is 16.6 Å². The number of benzene rings is 1. The Morgan fingerprint density at radius 3 is 2.55 bits per heavy atom. The van der Waals surface area contributed by atoms with Gasteiger partial charge in [-0.05, 0) is 68.7 Å². The Balaban J connectivity index is 1.07. The van der Waals surface area contributed by atoms with E-state index < -0.39 is 0 Å². The van der Waals surface area contributed by atoms with E-state index in [4.69, 9.17) is 18.9 Å². The lowest BCUT2D eigenvalue weighted by Gasteiger charge is -2.57. The summed E-state index contributed by atoms with van der Waals surface area (Å²) in [6.07, 6.45) is 10.8. The fourth-order valence-corrected chi connectivity index (χ4v) is 5.99. The highest BCUT2D eigenvalue weighted by atomic mass is 16.5. The number of rotatable bonds is 9. The molecule has 0 bridgehead atoms. The average molecular weight is 544 g/mol. The van der Waals surface area contributed by atoms with Crippen molar-refractivity contribution in [1.82, 2.24) is 25.1 Å². The molecule has 1 N–H and O–H groups in total. The molecule has 2 aliphatic carbocycles. The SMILES string of the molecule is CCOc1cn(-c2cnccc2C)nc1C(=O)NC1CC2(C1)CC(Oc1ccnc3cc(OC)c(OC)cc13)C2. The molecule has 10 heteroatoms. The molecule has 0 saturated heterocycles. The van der Waals surface area contributed by atoms with Crippen LogP contribution in [0.2, 0.25) is 0 Å². The number of carbonyl (C=O) groups is 1. The van der Waals surface area contributed by atoms with Gasteiger partial charge in [0.15, 0.2) is 22.9 Å². The predicted molar refractivity (Wildman–Crippen MR) is 149 cm³/mol. The molecule has 2 fully saturated rings. The second kappa shape index (κ2) is 10.3. The van der Waals surface area contributed by atoms with Crippen LogP contribution < -0.4 is 24.3 Å². The Kier molecular flexibility index (Phi) is 6.69. The first-order valence-corrected chi connectivity index (χ1v) is 13.5. The van der Waals surface area contributed by atoms with E-state index in [1.54, 1.807) is 43.7 Å². The molecule has 1 aromatic carbocycles. The zero-order chi connectivity index (χ0) is 27.9. The minimum Gasteiger partial charge on any atom is -0.493 e. The van der Waals surface area contributed by atoms with Gasteiger partial charge in [-0.15, -0.1) is 0 Å². The van der Waals surface area contributed by atoms with Crippen molar-refractivity contribution < 1.29 is 23.7 Å². The molecule has 2 aliphatic rings. The highest BCUT2D eigenvalue weighted by molar-refractivity contribution is 5.95. The van der Waals surface area contributed by atoms with E-state index in [1.807, 2.05) is 38.1 Å². The van der Waals surface area contributed by atoms with Crippen LogP contribution in [0, 0.1) is 12.3 Å². The normalized spacial score (nSPS) is 21.4. The number of nitrogens with one attached hydrogen (secondary N) is 1. The third-order valence-corrected chi connectivity index (χ3v) is 7.97. The molecule has 208 valence electrons. The van der Waals surface area contributed by atoms with Crippen LogP contribution in [0.5, 0.6) is 23.0 Å². The molecule has 6 rings (SSSR count). The van der Waals surface area contributed by atoms with E-state index in [9.17, 15) is 4.79 Å². The van der Waals surface area contributed by atoms with Crippen LogP contribution in [-0.4, -0.2) is 58.6 Å². The third kappa shape index (κ3) is 4.67. The molecule has 3 heterocycles. The molecule has 3 aromatic heterocycles. The number of amides is 1. The molecule has 0 unspecified atom stereocenters. The van der Waals surface area contributed by atoms with E-state index in [1.165, 1.54) is 0 Å². The van der Waals surface area contributed by atoms with Gasteiger partial charge in [-0.2, -0.15) is 5.10 Å². The maximum Gasteiger partial charge on any atom is 0.275 e. The number of ether oxygens (including phenoxy) is 4. The molecule has 10 nitrogen and oxygen atoms in total. The maximum atomic E-state index is 13.2. The van der Waals surface area contributed by atoms with Gasteiger partial charge in [0.25, 0.3) is 5.91 Å². The second-order valence-corrected chi connectivity index (χ2v) is 10.6. The Hall–Kier alpha value is -4.34. The van der Waals surface area contributed by atoms with Gasteiger partial charge in [0.2, 0.25) is 0 Å². The van der Waals surface area contributed by atoms with Crippen molar-refractivity contribution in [2.45, 2.75) is 51.7 Å². The fraction of sp³-hybridized carbons (Fsp3) is 0.400. The zero-order valence-corrected chi connectivity index (χ0v) is 23.1. The lowest BCUT2D eigenvalue weighted by molar-refractivity contribution is -0.0829. The van der Waals surface area contributed by atoms with Crippen molar-refractivity contribution in [1.29, 1.82) is 0 Å². The number of nitrogens with zero attached hydrogens (tertiary/aromatic N) is 4. The molecule has 0 atom stereocenters. The van der Waals surface area contributed by atoms with E-state index in [0.29, 0.717) is 23.9 Å². The van der Waals surface area contributed by atoms with Crippen molar-refractivity contribution in [2.24, 2.45) is 5.41 Å². The molecule has 1 spiro atoms. The summed E-state index contributed by atoms with van der Waals surface area (Å²) < 4.78 is 24.7. The highest BCUT2D eigenvalue weighted by Gasteiger charge is 2.54. The number of hydrogen-bond acceptors (Lipinski definition) is 8.